The van der Waals surface area contributed by atoms with Gasteiger partial charge in [-0.05, 0) is 14.1 Å². The second-order valence-corrected chi connectivity index (χ2v) is 4.87. The van der Waals surface area contributed by atoms with Crippen LogP contribution in [0.3, 0.4) is 0 Å². The molecule has 0 saturated carbocycles. The summed E-state index contributed by atoms with van der Waals surface area (Å²) < 4.78 is 17.1. The van der Waals surface area contributed by atoms with Crippen LogP contribution in [0.4, 0.5) is 0 Å². The summed E-state index contributed by atoms with van der Waals surface area (Å²) in [5, 5.41) is 4.22. The summed E-state index contributed by atoms with van der Waals surface area (Å²) in [6.45, 7) is 2.82. The maximum absolute atomic E-state index is 12.3. The molecule has 1 rings (SSSR count). The third kappa shape index (κ3) is 5.82. The van der Waals surface area contributed by atoms with Crippen molar-refractivity contribution in [2.75, 3.05) is 54.7 Å². The Bertz CT molecular complexity index is 432. The highest BCUT2D eigenvalue weighted by molar-refractivity contribution is 5.97. The molecule has 0 aliphatic heterocycles. The Labute approximate surface area is 125 Å². The van der Waals surface area contributed by atoms with E-state index in [9.17, 15) is 4.79 Å². The fourth-order valence-electron chi connectivity index (χ4n) is 1.79. The molecule has 0 bridgehead atoms. The van der Waals surface area contributed by atoms with Gasteiger partial charge in [0.1, 0.15) is 5.69 Å². The number of ether oxygens (including phenoxy) is 3. The number of methoxy groups -OCH3 is 2. The molecule has 1 aromatic heterocycles. The number of Topliss-reactive ketones (excluding diaryl/α,β-unsaturated/α-hetero) is 1. The molecular formula is C14H25N3O4. The zero-order chi connectivity index (χ0) is 15.7. The summed E-state index contributed by atoms with van der Waals surface area (Å²) in [4.78, 5) is 14.4. The monoisotopic (exact) mass is 299 g/mol. The number of aromatic nitrogens is 2. The molecule has 0 atom stereocenters. The number of carbonyl (C=O) groups is 1. The van der Waals surface area contributed by atoms with Gasteiger partial charge in [-0.2, -0.15) is 5.10 Å². The summed E-state index contributed by atoms with van der Waals surface area (Å²) in [5.41, 5.74) is 0.509. The standard InChI is InChI=1S/C14H25N3O4/c1-16(2)6-7-17-14(13(20-4)11-15-17)12(18)5-8-21-10-9-19-3/h11H,5-10H2,1-4H3. The van der Waals surface area contributed by atoms with Crippen LogP contribution in [0.5, 0.6) is 5.75 Å². The second-order valence-electron chi connectivity index (χ2n) is 4.87. The van der Waals surface area contributed by atoms with Crippen LogP contribution in [-0.4, -0.2) is 75.1 Å². The Hall–Kier alpha value is -1.44. The molecule has 0 unspecified atom stereocenters. The molecule has 0 radical (unpaired) electrons. The lowest BCUT2D eigenvalue weighted by atomic mass is 10.2. The Kier molecular flexibility index (Phi) is 7.96. The van der Waals surface area contributed by atoms with Crippen LogP contribution >= 0.6 is 0 Å². The molecule has 21 heavy (non-hydrogen) atoms. The summed E-state index contributed by atoms with van der Waals surface area (Å²) in [6, 6.07) is 0. The number of hydrogen-bond acceptors (Lipinski definition) is 6. The van der Waals surface area contributed by atoms with Gasteiger partial charge >= 0.3 is 0 Å². The molecular weight excluding hydrogens is 274 g/mol. The van der Waals surface area contributed by atoms with E-state index in [2.05, 4.69) is 5.10 Å². The zero-order valence-electron chi connectivity index (χ0n) is 13.3. The van der Waals surface area contributed by atoms with Crippen molar-refractivity contribution in [1.29, 1.82) is 0 Å². The molecule has 7 nitrogen and oxygen atoms in total. The highest BCUT2D eigenvalue weighted by Crippen LogP contribution is 2.19. The Morgan fingerprint density at radius 3 is 2.67 bits per heavy atom. The lowest BCUT2D eigenvalue weighted by Crippen LogP contribution is -2.22. The minimum atomic E-state index is -0.0273. The Balaban J connectivity index is 2.61. The van der Waals surface area contributed by atoms with Crippen LogP contribution in [0.2, 0.25) is 0 Å². The van der Waals surface area contributed by atoms with Crippen molar-refractivity contribution < 1.29 is 19.0 Å². The minimum absolute atomic E-state index is 0.0273. The molecule has 0 fully saturated rings. The maximum atomic E-state index is 12.3. The van der Waals surface area contributed by atoms with Crippen LogP contribution in [-0.2, 0) is 16.0 Å². The third-order valence-electron chi connectivity index (χ3n) is 2.95. The van der Waals surface area contributed by atoms with Crippen LogP contribution in [0.15, 0.2) is 6.20 Å². The molecule has 0 amide bonds. The predicted octanol–water partition coefficient (Wildman–Crippen LogP) is 0.689. The summed E-state index contributed by atoms with van der Waals surface area (Å²) in [5.74, 6) is 0.483. The number of hydrogen-bond donors (Lipinski definition) is 0. The van der Waals surface area contributed by atoms with Gasteiger partial charge in [0.05, 0.1) is 39.7 Å². The van der Waals surface area contributed by atoms with Crippen LogP contribution in [0.1, 0.15) is 16.9 Å². The highest BCUT2D eigenvalue weighted by atomic mass is 16.5. The number of likely N-dealkylation sites (N-methyl/N-ethyl adjacent to an activating group) is 1. The van der Waals surface area contributed by atoms with Crippen LogP contribution < -0.4 is 4.74 Å². The van der Waals surface area contributed by atoms with Gasteiger partial charge < -0.3 is 19.1 Å². The first-order valence-corrected chi connectivity index (χ1v) is 6.94. The van der Waals surface area contributed by atoms with Crippen molar-refractivity contribution in [3.05, 3.63) is 11.9 Å². The first-order valence-electron chi connectivity index (χ1n) is 6.94. The van der Waals surface area contributed by atoms with Crippen molar-refractivity contribution in [3.63, 3.8) is 0 Å². The lowest BCUT2D eigenvalue weighted by molar-refractivity contribution is 0.0636. The lowest BCUT2D eigenvalue weighted by Gasteiger charge is -2.12. The number of rotatable bonds is 11. The second kappa shape index (κ2) is 9.49. The van der Waals surface area contributed by atoms with Gasteiger partial charge in [0.15, 0.2) is 11.5 Å². The molecule has 7 heteroatoms. The quantitative estimate of drug-likeness (QED) is 0.442. The summed E-state index contributed by atoms with van der Waals surface area (Å²) in [6.07, 6.45) is 1.88. The molecule has 0 spiro atoms. The molecule has 0 saturated heterocycles. The Morgan fingerprint density at radius 1 is 1.29 bits per heavy atom. The van der Waals surface area contributed by atoms with Gasteiger partial charge in [-0.15, -0.1) is 0 Å². The SMILES string of the molecule is COCCOCCC(=O)c1c(OC)cnn1CCN(C)C. The third-order valence-corrected chi connectivity index (χ3v) is 2.95. The van der Waals surface area contributed by atoms with Gasteiger partial charge in [0.2, 0.25) is 0 Å². The molecule has 0 aromatic carbocycles. The van der Waals surface area contributed by atoms with E-state index < -0.39 is 0 Å². The van der Waals surface area contributed by atoms with Crippen molar-refractivity contribution in [1.82, 2.24) is 14.7 Å². The zero-order valence-corrected chi connectivity index (χ0v) is 13.3. The molecule has 0 aliphatic rings. The van der Waals surface area contributed by atoms with E-state index in [1.807, 2.05) is 19.0 Å². The Morgan fingerprint density at radius 2 is 2.05 bits per heavy atom. The van der Waals surface area contributed by atoms with Gasteiger partial charge in [0, 0.05) is 20.1 Å². The van der Waals surface area contributed by atoms with Crippen molar-refractivity contribution in [3.8, 4) is 5.75 Å². The average Bonchev–Trinajstić information content (AvgIpc) is 2.87. The van der Waals surface area contributed by atoms with Gasteiger partial charge in [0.25, 0.3) is 0 Å². The smallest absolute Gasteiger partial charge is 0.186 e. The largest absolute Gasteiger partial charge is 0.493 e. The molecule has 1 aromatic rings. The van der Waals surface area contributed by atoms with Crippen LogP contribution in [0, 0.1) is 0 Å². The highest BCUT2D eigenvalue weighted by Gasteiger charge is 2.19. The van der Waals surface area contributed by atoms with E-state index in [1.54, 1.807) is 25.1 Å². The van der Waals surface area contributed by atoms with Crippen molar-refractivity contribution in [2.45, 2.75) is 13.0 Å². The minimum Gasteiger partial charge on any atom is -0.493 e. The molecule has 120 valence electrons. The fourth-order valence-corrected chi connectivity index (χ4v) is 1.79. The molecule has 0 aliphatic carbocycles. The van der Waals surface area contributed by atoms with Gasteiger partial charge in [-0.25, -0.2) is 0 Å². The van der Waals surface area contributed by atoms with E-state index in [0.717, 1.165) is 6.54 Å². The topological polar surface area (TPSA) is 65.8 Å². The van der Waals surface area contributed by atoms with E-state index >= 15 is 0 Å². The van der Waals surface area contributed by atoms with E-state index in [4.69, 9.17) is 14.2 Å². The van der Waals surface area contributed by atoms with E-state index in [-0.39, 0.29) is 5.78 Å². The maximum Gasteiger partial charge on any atom is 0.186 e. The first kappa shape index (κ1) is 17.6. The van der Waals surface area contributed by atoms with Gasteiger partial charge in [-0.3, -0.25) is 9.48 Å². The van der Waals surface area contributed by atoms with Crippen LogP contribution in [0.25, 0.3) is 0 Å². The predicted molar refractivity (Wildman–Crippen MR) is 79.0 cm³/mol. The fraction of sp³-hybridized carbons (Fsp3) is 0.714. The molecule has 1 heterocycles. The summed E-state index contributed by atoms with van der Waals surface area (Å²) >= 11 is 0. The number of carbonyl (C=O) groups excluding carboxylic acids is 1. The average molecular weight is 299 g/mol. The van der Waals surface area contributed by atoms with Crippen molar-refractivity contribution >= 4 is 5.78 Å². The summed E-state index contributed by atoms with van der Waals surface area (Å²) in [7, 11) is 7.11. The van der Waals surface area contributed by atoms with E-state index in [1.165, 1.54) is 0 Å². The number of nitrogens with zero attached hydrogens (tertiary/aromatic N) is 3. The number of ketones is 1. The molecule has 0 N–H and O–H groups in total. The normalized spacial score (nSPS) is 11.1. The van der Waals surface area contributed by atoms with Gasteiger partial charge in [-0.1, -0.05) is 0 Å². The van der Waals surface area contributed by atoms with E-state index in [0.29, 0.717) is 44.2 Å². The first-order chi connectivity index (χ1) is 10.1. The van der Waals surface area contributed by atoms with Crippen molar-refractivity contribution in [2.24, 2.45) is 0 Å².